The first-order valence-corrected chi connectivity index (χ1v) is 7.87. The highest BCUT2D eigenvalue weighted by Crippen LogP contribution is 2.33. The second-order valence-electron chi connectivity index (χ2n) is 5.93. The SMILES string of the molecule is Cc1cc(NC(=O)[C@H](C)OC(=O)[C@@H]2CC(=O)Nc3cc(F)ccc32)no1. The fraction of sp³-hybridized carbons (Fsp3) is 0.294. The molecule has 2 aromatic rings. The summed E-state index contributed by atoms with van der Waals surface area (Å²) in [4.78, 5) is 36.3. The summed E-state index contributed by atoms with van der Waals surface area (Å²) >= 11 is 0. The van der Waals surface area contributed by atoms with Crippen LogP contribution in [0.2, 0.25) is 0 Å². The summed E-state index contributed by atoms with van der Waals surface area (Å²) in [6.45, 7) is 3.06. The molecule has 136 valence electrons. The Labute approximate surface area is 147 Å². The van der Waals surface area contributed by atoms with E-state index in [1.54, 1.807) is 6.92 Å². The lowest BCUT2D eigenvalue weighted by Gasteiger charge is -2.25. The fourth-order valence-electron chi connectivity index (χ4n) is 2.61. The molecule has 0 saturated heterocycles. The molecule has 0 unspecified atom stereocenters. The maximum Gasteiger partial charge on any atom is 0.314 e. The number of fused-ring (bicyclic) bond motifs is 1. The minimum atomic E-state index is -1.12. The van der Waals surface area contributed by atoms with Crippen LogP contribution in [0.4, 0.5) is 15.9 Å². The average molecular weight is 361 g/mol. The largest absolute Gasteiger partial charge is 0.452 e. The van der Waals surface area contributed by atoms with Crippen molar-refractivity contribution in [2.75, 3.05) is 10.6 Å². The van der Waals surface area contributed by atoms with Gasteiger partial charge in [0.1, 0.15) is 11.6 Å². The Morgan fingerprint density at radius 3 is 2.88 bits per heavy atom. The monoisotopic (exact) mass is 361 g/mol. The van der Waals surface area contributed by atoms with Gasteiger partial charge in [0.05, 0.1) is 5.92 Å². The summed E-state index contributed by atoms with van der Waals surface area (Å²) < 4.78 is 23.4. The average Bonchev–Trinajstić information content (AvgIpc) is 2.98. The first kappa shape index (κ1) is 17.6. The highest BCUT2D eigenvalue weighted by Gasteiger charge is 2.34. The topological polar surface area (TPSA) is 111 Å². The van der Waals surface area contributed by atoms with E-state index >= 15 is 0 Å². The summed E-state index contributed by atoms with van der Waals surface area (Å²) in [7, 11) is 0. The third-order valence-corrected chi connectivity index (χ3v) is 3.88. The lowest BCUT2D eigenvalue weighted by molar-refractivity contribution is -0.155. The molecule has 0 aliphatic carbocycles. The van der Waals surface area contributed by atoms with E-state index in [1.165, 1.54) is 25.1 Å². The molecule has 2 atom stereocenters. The Hall–Kier alpha value is -3.23. The number of carbonyl (C=O) groups excluding carboxylic acids is 3. The number of ether oxygens (including phenoxy) is 1. The van der Waals surface area contributed by atoms with Crippen LogP contribution < -0.4 is 10.6 Å². The second kappa shape index (κ2) is 6.95. The van der Waals surface area contributed by atoms with Crippen LogP contribution in [0.15, 0.2) is 28.8 Å². The smallest absolute Gasteiger partial charge is 0.314 e. The summed E-state index contributed by atoms with van der Waals surface area (Å²) in [5.74, 6) is -2.49. The Morgan fingerprint density at radius 2 is 2.19 bits per heavy atom. The van der Waals surface area contributed by atoms with Crippen LogP contribution in [-0.2, 0) is 19.1 Å². The number of aryl methyl sites for hydroxylation is 1. The minimum absolute atomic E-state index is 0.145. The van der Waals surface area contributed by atoms with E-state index in [2.05, 4.69) is 15.8 Å². The van der Waals surface area contributed by atoms with E-state index in [0.29, 0.717) is 11.3 Å². The van der Waals surface area contributed by atoms with Crippen molar-refractivity contribution in [3.8, 4) is 0 Å². The molecule has 0 fully saturated rings. The molecule has 2 amide bonds. The van der Waals surface area contributed by atoms with Gasteiger partial charge in [-0.15, -0.1) is 0 Å². The van der Waals surface area contributed by atoms with Gasteiger partial charge in [-0.05, 0) is 31.5 Å². The molecule has 1 aliphatic heterocycles. The van der Waals surface area contributed by atoms with Gasteiger partial charge in [0.25, 0.3) is 5.91 Å². The van der Waals surface area contributed by atoms with Crippen molar-refractivity contribution >= 4 is 29.3 Å². The van der Waals surface area contributed by atoms with Crippen molar-refractivity contribution in [1.29, 1.82) is 0 Å². The number of esters is 1. The highest BCUT2D eigenvalue weighted by atomic mass is 19.1. The molecule has 2 N–H and O–H groups in total. The summed E-state index contributed by atoms with van der Waals surface area (Å²) in [5, 5.41) is 8.59. The number of anilines is 2. The van der Waals surface area contributed by atoms with E-state index in [-0.39, 0.29) is 17.9 Å². The number of nitrogens with one attached hydrogen (secondary N) is 2. The van der Waals surface area contributed by atoms with Crippen LogP contribution in [0.5, 0.6) is 0 Å². The number of rotatable bonds is 4. The molecule has 1 aliphatic rings. The molecule has 3 rings (SSSR count). The van der Waals surface area contributed by atoms with Crippen molar-refractivity contribution in [2.24, 2.45) is 0 Å². The molecule has 1 aromatic heterocycles. The van der Waals surface area contributed by atoms with Crippen LogP contribution >= 0.6 is 0 Å². The van der Waals surface area contributed by atoms with Crippen LogP contribution in [0.25, 0.3) is 0 Å². The molecule has 0 bridgehead atoms. The molecular formula is C17H16FN3O5. The first-order chi connectivity index (χ1) is 12.3. The lowest BCUT2D eigenvalue weighted by atomic mass is 9.90. The Morgan fingerprint density at radius 1 is 1.42 bits per heavy atom. The van der Waals surface area contributed by atoms with Crippen molar-refractivity contribution in [3.05, 3.63) is 41.4 Å². The number of nitrogens with zero attached hydrogens (tertiary/aromatic N) is 1. The van der Waals surface area contributed by atoms with Crippen LogP contribution in [0.1, 0.15) is 30.6 Å². The molecule has 1 aromatic carbocycles. The number of benzene rings is 1. The van der Waals surface area contributed by atoms with Crippen LogP contribution in [-0.4, -0.2) is 29.0 Å². The van der Waals surface area contributed by atoms with Gasteiger partial charge >= 0.3 is 5.97 Å². The molecule has 2 heterocycles. The normalized spacial score (nSPS) is 17.0. The van der Waals surface area contributed by atoms with E-state index in [1.807, 2.05) is 0 Å². The van der Waals surface area contributed by atoms with Gasteiger partial charge in [-0.2, -0.15) is 0 Å². The molecule has 9 heteroatoms. The molecule has 0 saturated carbocycles. The van der Waals surface area contributed by atoms with Crippen molar-refractivity contribution in [3.63, 3.8) is 0 Å². The van der Waals surface area contributed by atoms with Gasteiger partial charge in [-0.1, -0.05) is 11.2 Å². The number of hydrogen-bond acceptors (Lipinski definition) is 6. The van der Waals surface area contributed by atoms with E-state index in [9.17, 15) is 18.8 Å². The van der Waals surface area contributed by atoms with Crippen LogP contribution in [0.3, 0.4) is 0 Å². The van der Waals surface area contributed by atoms with Gasteiger partial charge in [0, 0.05) is 18.2 Å². The minimum Gasteiger partial charge on any atom is -0.452 e. The Balaban J connectivity index is 1.69. The zero-order chi connectivity index (χ0) is 18.8. The van der Waals surface area contributed by atoms with E-state index in [0.717, 1.165) is 6.07 Å². The lowest BCUT2D eigenvalue weighted by Crippen LogP contribution is -2.34. The second-order valence-corrected chi connectivity index (χ2v) is 5.93. The predicted molar refractivity (Wildman–Crippen MR) is 87.8 cm³/mol. The fourth-order valence-corrected chi connectivity index (χ4v) is 2.61. The van der Waals surface area contributed by atoms with Gasteiger partial charge in [-0.25, -0.2) is 4.39 Å². The van der Waals surface area contributed by atoms with Gasteiger partial charge < -0.3 is 19.9 Å². The zero-order valence-corrected chi connectivity index (χ0v) is 14.0. The maximum absolute atomic E-state index is 13.3. The van der Waals surface area contributed by atoms with Gasteiger partial charge in [0.15, 0.2) is 11.9 Å². The molecule has 26 heavy (non-hydrogen) atoms. The number of aromatic nitrogens is 1. The quantitative estimate of drug-likeness (QED) is 0.807. The van der Waals surface area contributed by atoms with Crippen LogP contribution in [0, 0.1) is 12.7 Å². The number of amides is 2. The van der Waals surface area contributed by atoms with E-state index < -0.39 is 35.6 Å². The van der Waals surface area contributed by atoms with Crippen molar-refractivity contribution in [2.45, 2.75) is 32.3 Å². The summed E-state index contributed by atoms with van der Waals surface area (Å²) in [6, 6.07) is 5.26. The number of carbonyl (C=O) groups is 3. The van der Waals surface area contributed by atoms with Gasteiger partial charge in [0.2, 0.25) is 5.91 Å². The molecule has 0 radical (unpaired) electrons. The third kappa shape index (κ3) is 3.71. The Bertz CT molecular complexity index is 879. The van der Waals surface area contributed by atoms with E-state index in [4.69, 9.17) is 9.26 Å². The standard InChI is InChI=1S/C17H16FN3O5/c1-8-5-14(21-26-8)20-16(23)9(2)25-17(24)12-7-15(22)19-13-6-10(18)3-4-11(12)13/h3-6,9,12H,7H2,1-2H3,(H,19,22)(H,20,21,23)/t9-,12+/m0/s1. The number of hydrogen-bond donors (Lipinski definition) is 2. The Kier molecular flexibility index (Phi) is 4.70. The predicted octanol–water partition coefficient (Wildman–Crippen LogP) is 2.12. The highest BCUT2D eigenvalue weighted by molar-refractivity contribution is 6.01. The molecule has 0 spiro atoms. The summed E-state index contributed by atoms with van der Waals surface area (Å²) in [5.41, 5.74) is 0.661. The number of halogens is 1. The van der Waals surface area contributed by atoms with Gasteiger partial charge in [-0.3, -0.25) is 14.4 Å². The third-order valence-electron chi connectivity index (χ3n) is 3.88. The molecular weight excluding hydrogens is 345 g/mol. The summed E-state index contributed by atoms with van der Waals surface area (Å²) in [6.07, 6.45) is -1.26. The van der Waals surface area contributed by atoms with Crippen molar-refractivity contribution in [1.82, 2.24) is 5.16 Å². The zero-order valence-electron chi connectivity index (χ0n) is 14.0. The molecule has 8 nitrogen and oxygen atoms in total. The maximum atomic E-state index is 13.3. The first-order valence-electron chi connectivity index (χ1n) is 7.87. The van der Waals surface area contributed by atoms with Crippen molar-refractivity contribution < 1.29 is 28.0 Å².